The number of aryl methyl sites for hydroxylation is 1. The number of piperidine rings is 1. The zero-order valence-electron chi connectivity index (χ0n) is 16.2. The second-order valence-electron chi connectivity index (χ2n) is 7.34. The predicted octanol–water partition coefficient (Wildman–Crippen LogP) is 4.87. The lowest BCUT2D eigenvalue weighted by Gasteiger charge is -2.23. The van der Waals surface area contributed by atoms with E-state index >= 15 is 0 Å². The van der Waals surface area contributed by atoms with E-state index in [0.29, 0.717) is 12.1 Å². The quantitative estimate of drug-likeness (QED) is 0.442. The van der Waals surface area contributed by atoms with Crippen LogP contribution in [0.1, 0.15) is 18.4 Å². The fraction of sp³-hybridized carbons (Fsp3) is 0.273. The van der Waals surface area contributed by atoms with E-state index in [4.69, 9.17) is 9.72 Å². The third kappa shape index (κ3) is 3.97. The van der Waals surface area contributed by atoms with E-state index in [9.17, 15) is 0 Å². The Bertz CT molecular complexity index is 1110. The molecule has 3 aromatic heterocycles. The molecule has 0 saturated carbocycles. The van der Waals surface area contributed by atoms with Gasteiger partial charge >= 0.3 is 0 Å². The van der Waals surface area contributed by atoms with Crippen molar-refractivity contribution in [3.63, 3.8) is 0 Å². The van der Waals surface area contributed by atoms with Gasteiger partial charge in [-0.3, -0.25) is 0 Å². The number of rotatable bonds is 5. The van der Waals surface area contributed by atoms with Crippen LogP contribution >= 0.6 is 11.3 Å². The molecule has 0 bridgehead atoms. The number of anilines is 2. The van der Waals surface area contributed by atoms with E-state index in [0.717, 1.165) is 59.0 Å². The minimum atomic E-state index is 0.297. The molecule has 1 saturated heterocycles. The first-order valence-electron chi connectivity index (χ1n) is 9.90. The molecule has 0 unspecified atom stereocenters. The van der Waals surface area contributed by atoms with Gasteiger partial charge in [0, 0.05) is 17.3 Å². The van der Waals surface area contributed by atoms with E-state index in [1.54, 1.807) is 11.3 Å². The standard InChI is InChI=1S/C22H23N5OS/c1-14-12-19(29-13-14)20-18-8-11-24-21(18)27-22(26-20)25-15-2-4-16(5-3-15)28-17-6-9-23-10-7-17/h2-5,8,11-13,17,23H,6-7,9-10H2,1H3,(H2,24,25,26,27). The van der Waals surface area contributed by atoms with Gasteiger partial charge in [0.15, 0.2) is 0 Å². The molecule has 4 heterocycles. The first-order chi connectivity index (χ1) is 14.2. The zero-order chi connectivity index (χ0) is 19.6. The van der Waals surface area contributed by atoms with Gasteiger partial charge in [-0.2, -0.15) is 4.98 Å². The number of hydrogen-bond acceptors (Lipinski definition) is 6. The van der Waals surface area contributed by atoms with Crippen LogP contribution in [0.4, 0.5) is 11.6 Å². The third-order valence-electron chi connectivity index (χ3n) is 5.08. The maximum Gasteiger partial charge on any atom is 0.229 e. The van der Waals surface area contributed by atoms with E-state index < -0.39 is 0 Å². The molecule has 5 rings (SSSR count). The highest BCUT2D eigenvalue weighted by molar-refractivity contribution is 7.13. The van der Waals surface area contributed by atoms with Gasteiger partial charge in [0.05, 0.1) is 10.6 Å². The fourth-order valence-corrected chi connectivity index (χ4v) is 4.49. The fourth-order valence-electron chi connectivity index (χ4n) is 3.59. The Hall–Kier alpha value is -2.90. The van der Waals surface area contributed by atoms with Crippen LogP contribution in [0.15, 0.2) is 48.0 Å². The van der Waals surface area contributed by atoms with Crippen molar-refractivity contribution in [2.75, 3.05) is 18.4 Å². The number of nitrogens with zero attached hydrogens (tertiary/aromatic N) is 2. The number of aromatic nitrogens is 3. The Labute approximate surface area is 173 Å². The van der Waals surface area contributed by atoms with Crippen molar-refractivity contribution in [2.24, 2.45) is 0 Å². The summed E-state index contributed by atoms with van der Waals surface area (Å²) < 4.78 is 6.08. The molecule has 0 amide bonds. The lowest BCUT2D eigenvalue weighted by molar-refractivity contribution is 0.162. The number of fused-ring (bicyclic) bond motifs is 1. The molecule has 7 heteroatoms. The van der Waals surface area contributed by atoms with Gasteiger partial charge in [-0.1, -0.05) is 0 Å². The SMILES string of the molecule is Cc1csc(-c2nc(Nc3ccc(OC4CCNCC4)cc3)nc3[nH]ccc23)c1. The van der Waals surface area contributed by atoms with Gasteiger partial charge in [0.1, 0.15) is 17.5 Å². The molecule has 29 heavy (non-hydrogen) atoms. The van der Waals surface area contributed by atoms with Crippen LogP contribution < -0.4 is 15.4 Å². The lowest BCUT2D eigenvalue weighted by atomic mass is 10.1. The van der Waals surface area contributed by atoms with E-state index in [2.05, 4.69) is 39.0 Å². The van der Waals surface area contributed by atoms with Crippen LogP contribution in [-0.2, 0) is 0 Å². The molecule has 3 N–H and O–H groups in total. The maximum atomic E-state index is 6.08. The largest absolute Gasteiger partial charge is 0.490 e. The van der Waals surface area contributed by atoms with Gasteiger partial charge in [-0.15, -0.1) is 11.3 Å². The van der Waals surface area contributed by atoms with E-state index in [-0.39, 0.29) is 0 Å². The van der Waals surface area contributed by atoms with Crippen LogP contribution in [0.2, 0.25) is 0 Å². The molecule has 1 aliphatic heterocycles. The van der Waals surface area contributed by atoms with Crippen molar-refractivity contribution in [1.29, 1.82) is 0 Å². The highest BCUT2D eigenvalue weighted by atomic mass is 32.1. The van der Waals surface area contributed by atoms with Crippen molar-refractivity contribution in [2.45, 2.75) is 25.9 Å². The summed E-state index contributed by atoms with van der Waals surface area (Å²) in [6.45, 7) is 4.14. The summed E-state index contributed by atoms with van der Waals surface area (Å²) in [5, 5.41) is 9.86. The Morgan fingerprint density at radius 1 is 1.10 bits per heavy atom. The average Bonchev–Trinajstić information content (AvgIpc) is 3.38. The molecule has 0 radical (unpaired) electrons. The molecule has 4 aromatic rings. The van der Waals surface area contributed by atoms with Crippen LogP contribution in [0.25, 0.3) is 21.6 Å². The highest BCUT2D eigenvalue weighted by Gasteiger charge is 2.15. The number of benzene rings is 1. The second kappa shape index (κ2) is 7.85. The Balaban J connectivity index is 1.37. The minimum absolute atomic E-state index is 0.297. The van der Waals surface area contributed by atoms with E-state index in [1.807, 2.05) is 36.5 Å². The van der Waals surface area contributed by atoms with Crippen LogP contribution in [0, 0.1) is 6.92 Å². The Kier molecular flexibility index (Phi) is 4.91. The summed E-state index contributed by atoms with van der Waals surface area (Å²) in [5.74, 6) is 1.48. The second-order valence-corrected chi connectivity index (χ2v) is 8.25. The van der Waals surface area contributed by atoms with Gasteiger partial charge in [0.25, 0.3) is 0 Å². The summed E-state index contributed by atoms with van der Waals surface area (Å²) in [5.41, 5.74) is 3.95. The summed E-state index contributed by atoms with van der Waals surface area (Å²) >= 11 is 1.70. The number of hydrogen-bond donors (Lipinski definition) is 3. The van der Waals surface area contributed by atoms with Gasteiger partial charge in [-0.25, -0.2) is 4.98 Å². The number of ether oxygens (including phenoxy) is 1. The van der Waals surface area contributed by atoms with Crippen molar-refractivity contribution >= 4 is 34.0 Å². The number of thiophene rings is 1. The van der Waals surface area contributed by atoms with Gasteiger partial charge < -0.3 is 20.4 Å². The third-order valence-corrected chi connectivity index (χ3v) is 6.13. The number of aromatic amines is 1. The highest BCUT2D eigenvalue weighted by Crippen LogP contribution is 2.32. The monoisotopic (exact) mass is 405 g/mol. The summed E-state index contributed by atoms with van der Waals surface area (Å²) in [7, 11) is 0. The zero-order valence-corrected chi connectivity index (χ0v) is 17.1. The van der Waals surface area contributed by atoms with Gasteiger partial charge in [-0.05, 0) is 80.2 Å². The van der Waals surface area contributed by atoms with Crippen molar-refractivity contribution in [3.05, 3.63) is 53.5 Å². The smallest absolute Gasteiger partial charge is 0.229 e. The maximum absolute atomic E-state index is 6.08. The van der Waals surface area contributed by atoms with Crippen molar-refractivity contribution in [3.8, 4) is 16.3 Å². The van der Waals surface area contributed by atoms with Crippen LogP contribution in [0.5, 0.6) is 5.75 Å². The molecule has 0 spiro atoms. The van der Waals surface area contributed by atoms with Crippen LogP contribution in [0.3, 0.4) is 0 Å². The Morgan fingerprint density at radius 2 is 1.93 bits per heavy atom. The van der Waals surface area contributed by atoms with Crippen molar-refractivity contribution in [1.82, 2.24) is 20.3 Å². The van der Waals surface area contributed by atoms with E-state index in [1.165, 1.54) is 5.56 Å². The molecule has 1 fully saturated rings. The Morgan fingerprint density at radius 3 is 2.69 bits per heavy atom. The van der Waals surface area contributed by atoms with Crippen LogP contribution in [-0.4, -0.2) is 34.1 Å². The lowest BCUT2D eigenvalue weighted by Crippen LogP contribution is -2.34. The normalized spacial score (nSPS) is 14.9. The summed E-state index contributed by atoms with van der Waals surface area (Å²) in [4.78, 5) is 13.8. The first-order valence-corrected chi connectivity index (χ1v) is 10.8. The molecule has 0 aliphatic carbocycles. The number of H-pyrrole nitrogens is 1. The first kappa shape index (κ1) is 18.1. The molecule has 148 valence electrons. The molecule has 0 atom stereocenters. The molecule has 6 nitrogen and oxygen atoms in total. The average molecular weight is 406 g/mol. The summed E-state index contributed by atoms with van der Waals surface area (Å²) in [6, 6.07) is 12.2. The molecule has 1 aromatic carbocycles. The minimum Gasteiger partial charge on any atom is -0.490 e. The molecule has 1 aliphatic rings. The van der Waals surface area contributed by atoms with Crippen molar-refractivity contribution < 1.29 is 4.74 Å². The molecular formula is C22H23N5OS. The molecular weight excluding hydrogens is 382 g/mol. The number of nitrogens with one attached hydrogen (secondary N) is 3. The topological polar surface area (TPSA) is 74.9 Å². The summed E-state index contributed by atoms with van der Waals surface area (Å²) in [6.07, 6.45) is 4.30. The predicted molar refractivity (Wildman–Crippen MR) is 118 cm³/mol. The van der Waals surface area contributed by atoms with Gasteiger partial charge in [0.2, 0.25) is 5.95 Å².